The first-order chi connectivity index (χ1) is 9.47. The molecule has 2 rings (SSSR count). The SMILES string of the molecule is CCc1ccc(CC2(C(=O)O)CCC(C(C)C)CC2)s1. The van der Waals surface area contributed by atoms with Gasteiger partial charge in [0.2, 0.25) is 0 Å². The molecule has 1 N–H and O–H groups in total. The molecule has 0 unspecified atom stereocenters. The van der Waals surface area contributed by atoms with Crippen molar-refractivity contribution in [3.05, 3.63) is 21.9 Å². The van der Waals surface area contributed by atoms with E-state index in [9.17, 15) is 9.90 Å². The summed E-state index contributed by atoms with van der Waals surface area (Å²) in [5.74, 6) is 0.790. The van der Waals surface area contributed by atoms with Crippen LogP contribution in [0.2, 0.25) is 0 Å². The van der Waals surface area contributed by atoms with Crippen LogP contribution < -0.4 is 0 Å². The van der Waals surface area contributed by atoms with Gasteiger partial charge in [-0.15, -0.1) is 11.3 Å². The van der Waals surface area contributed by atoms with Crippen LogP contribution in [-0.2, 0) is 17.6 Å². The highest BCUT2D eigenvalue weighted by molar-refractivity contribution is 7.12. The highest BCUT2D eigenvalue weighted by atomic mass is 32.1. The third-order valence-electron chi connectivity index (χ3n) is 4.96. The Morgan fingerprint density at radius 1 is 1.35 bits per heavy atom. The molecule has 0 radical (unpaired) electrons. The lowest BCUT2D eigenvalue weighted by molar-refractivity contribution is -0.151. The first-order valence-corrected chi connectivity index (χ1v) is 8.59. The predicted octanol–water partition coefficient (Wildman–Crippen LogP) is 4.77. The van der Waals surface area contributed by atoms with E-state index in [1.165, 1.54) is 9.75 Å². The van der Waals surface area contributed by atoms with Gasteiger partial charge in [-0.25, -0.2) is 0 Å². The number of thiophene rings is 1. The maximum absolute atomic E-state index is 11.8. The summed E-state index contributed by atoms with van der Waals surface area (Å²) in [7, 11) is 0. The van der Waals surface area contributed by atoms with Gasteiger partial charge in [0, 0.05) is 9.75 Å². The number of rotatable bonds is 5. The first-order valence-electron chi connectivity index (χ1n) is 7.78. The normalized spacial score (nSPS) is 26.9. The van der Waals surface area contributed by atoms with E-state index < -0.39 is 11.4 Å². The molecule has 1 aliphatic rings. The fourth-order valence-corrected chi connectivity index (χ4v) is 4.47. The summed E-state index contributed by atoms with van der Waals surface area (Å²) in [5.41, 5.74) is -0.513. The number of aryl methyl sites for hydroxylation is 1. The van der Waals surface area contributed by atoms with Crippen molar-refractivity contribution >= 4 is 17.3 Å². The molecule has 1 heterocycles. The third kappa shape index (κ3) is 3.25. The van der Waals surface area contributed by atoms with Crippen molar-refractivity contribution < 1.29 is 9.90 Å². The fraction of sp³-hybridized carbons (Fsp3) is 0.706. The van der Waals surface area contributed by atoms with Gasteiger partial charge in [0.05, 0.1) is 5.41 Å². The van der Waals surface area contributed by atoms with E-state index in [0.717, 1.165) is 38.5 Å². The predicted molar refractivity (Wildman–Crippen MR) is 84.3 cm³/mol. The zero-order valence-electron chi connectivity index (χ0n) is 12.8. The Hall–Kier alpha value is -0.830. The Morgan fingerprint density at radius 3 is 2.40 bits per heavy atom. The summed E-state index contributed by atoms with van der Waals surface area (Å²) in [6, 6.07) is 4.28. The van der Waals surface area contributed by atoms with Gasteiger partial charge in [0.1, 0.15) is 0 Å². The number of hydrogen-bond acceptors (Lipinski definition) is 2. The van der Waals surface area contributed by atoms with E-state index in [4.69, 9.17) is 0 Å². The topological polar surface area (TPSA) is 37.3 Å². The van der Waals surface area contributed by atoms with Crippen molar-refractivity contribution in [3.8, 4) is 0 Å². The maximum atomic E-state index is 11.8. The van der Waals surface area contributed by atoms with E-state index >= 15 is 0 Å². The molecule has 3 heteroatoms. The quantitative estimate of drug-likeness (QED) is 0.849. The molecule has 1 aromatic heterocycles. The second kappa shape index (κ2) is 6.30. The Balaban J connectivity index is 2.09. The largest absolute Gasteiger partial charge is 0.481 e. The molecule has 20 heavy (non-hydrogen) atoms. The van der Waals surface area contributed by atoms with Crippen LogP contribution in [0.4, 0.5) is 0 Å². The summed E-state index contributed by atoms with van der Waals surface area (Å²) in [4.78, 5) is 14.4. The zero-order valence-corrected chi connectivity index (χ0v) is 13.6. The van der Waals surface area contributed by atoms with Crippen molar-refractivity contribution in [2.45, 2.75) is 59.3 Å². The highest BCUT2D eigenvalue weighted by Crippen LogP contribution is 2.44. The van der Waals surface area contributed by atoms with Crippen LogP contribution in [0.1, 0.15) is 56.2 Å². The van der Waals surface area contributed by atoms with Crippen molar-refractivity contribution in [2.24, 2.45) is 17.3 Å². The lowest BCUT2D eigenvalue weighted by Gasteiger charge is -2.38. The Bertz CT molecular complexity index is 453. The molecule has 0 aromatic carbocycles. The van der Waals surface area contributed by atoms with Gasteiger partial charge in [-0.3, -0.25) is 4.79 Å². The lowest BCUT2D eigenvalue weighted by Crippen LogP contribution is -2.38. The standard InChI is InChI=1S/C17H26O2S/c1-4-14-5-6-15(20-14)11-17(16(18)19)9-7-13(8-10-17)12(2)3/h5-6,12-13H,4,7-11H2,1-3H3,(H,18,19). The number of carboxylic acid groups (broad SMARTS) is 1. The molecule has 0 bridgehead atoms. The van der Waals surface area contributed by atoms with Gasteiger partial charge in [-0.1, -0.05) is 20.8 Å². The van der Waals surface area contributed by atoms with Gasteiger partial charge < -0.3 is 5.11 Å². The average Bonchev–Trinajstić information content (AvgIpc) is 2.86. The minimum Gasteiger partial charge on any atom is -0.481 e. The number of hydrogen-bond donors (Lipinski definition) is 1. The van der Waals surface area contributed by atoms with Gasteiger partial charge in [0.15, 0.2) is 0 Å². The second-order valence-electron chi connectivity index (χ2n) is 6.57. The minimum absolute atomic E-state index is 0.513. The smallest absolute Gasteiger partial charge is 0.309 e. The van der Waals surface area contributed by atoms with E-state index in [1.54, 1.807) is 11.3 Å². The third-order valence-corrected chi connectivity index (χ3v) is 6.19. The molecule has 0 saturated heterocycles. The van der Waals surface area contributed by atoms with Crippen LogP contribution in [0, 0.1) is 17.3 Å². The van der Waals surface area contributed by atoms with Crippen molar-refractivity contribution in [1.29, 1.82) is 0 Å². The van der Waals surface area contributed by atoms with Crippen LogP contribution in [-0.4, -0.2) is 11.1 Å². The average molecular weight is 294 g/mol. The van der Waals surface area contributed by atoms with E-state index in [2.05, 4.69) is 32.9 Å². The molecular weight excluding hydrogens is 268 g/mol. The number of carboxylic acids is 1. The summed E-state index contributed by atoms with van der Waals surface area (Å²) in [6.07, 6.45) is 5.57. The Morgan fingerprint density at radius 2 is 1.95 bits per heavy atom. The van der Waals surface area contributed by atoms with Crippen LogP contribution in [0.5, 0.6) is 0 Å². The first kappa shape index (κ1) is 15.6. The highest BCUT2D eigenvalue weighted by Gasteiger charge is 2.42. The molecular formula is C17H26O2S. The Labute approximate surface area is 126 Å². The summed E-state index contributed by atoms with van der Waals surface area (Å²) in [6.45, 7) is 6.66. The second-order valence-corrected chi connectivity index (χ2v) is 7.82. The molecule has 1 saturated carbocycles. The van der Waals surface area contributed by atoms with Gasteiger partial charge >= 0.3 is 5.97 Å². The molecule has 1 aromatic rings. The van der Waals surface area contributed by atoms with Crippen LogP contribution in [0.25, 0.3) is 0 Å². The van der Waals surface area contributed by atoms with E-state index in [-0.39, 0.29) is 0 Å². The lowest BCUT2D eigenvalue weighted by atomic mass is 9.66. The van der Waals surface area contributed by atoms with Crippen molar-refractivity contribution in [2.75, 3.05) is 0 Å². The summed E-state index contributed by atoms with van der Waals surface area (Å²) >= 11 is 1.79. The monoisotopic (exact) mass is 294 g/mol. The van der Waals surface area contributed by atoms with Crippen LogP contribution in [0.3, 0.4) is 0 Å². The molecule has 0 amide bonds. The van der Waals surface area contributed by atoms with Crippen molar-refractivity contribution in [1.82, 2.24) is 0 Å². The zero-order chi connectivity index (χ0) is 14.8. The van der Waals surface area contributed by atoms with E-state index in [0.29, 0.717) is 11.8 Å². The van der Waals surface area contributed by atoms with Crippen molar-refractivity contribution in [3.63, 3.8) is 0 Å². The molecule has 0 spiro atoms. The maximum Gasteiger partial charge on any atom is 0.309 e. The van der Waals surface area contributed by atoms with Gasteiger partial charge in [-0.05, 0) is 62.5 Å². The van der Waals surface area contributed by atoms with E-state index in [1.807, 2.05) is 0 Å². The van der Waals surface area contributed by atoms with Crippen LogP contribution in [0.15, 0.2) is 12.1 Å². The summed E-state index contributed by atoms with van der Waals surface area (Å²) < 4.78 is 0. The minimum atomic E-state index is -0.592. The van der Waals surface area contributed by atoms with Crippen LogP contribution >= 0.6 is 11.3 Å². The molecule has 0 atom stereocenters. The molecule has 1 fully saturated rings. The molecule has 112 valence electrons. The number of aliphatic carboxylic acids is 1. The Kier molecular flexibility index (Phi) is 4.90. The molecule has 1 aliphatic carbocycles. The van der Waals surface area contributed by atoms with Gasteiger partial charge in [0.25, 0.3) is 0 Å². The fourth-order valence-electron chi connectivity index (χ4n) is 3.37. The summed E-state index contributed by atoms with van der Waals surface area (Å²) in [5, 5.41) is 9.74. The number of carbonyl (C=O) groups is 1. The van der Waals surface area contributed by atoms with Gasteiger partial charge in [-0.2, -0.15) is 0 Å². The molecule has 2 nitrogen and oxygen atoms in total. The molecule has 0 aliphatic heterocycles.